The molecule has 1 aromatic rings. The Morgan fingerprint density at radius 1 is 1.14 bits per heavy atom. The van der Waals surface area contributed by atoms with E-state index in [9.17, 15) is 4.79 Å². The number of benzene rings is 1. The maximum atomic E-state index is 11.8. The second-order valence-corrected chi connectivity index (χ2v) is 4.56. The summed E-state index contributed by atoms with van der Waals surface area (Å²) in [4.78, 5) is 11.8. The van der Waals surface area contributed by atoms with Gasteiger partial charge in [0.1, 0.15) is 0 Å². The van der Waals surface area contributed by atoms with Crippen molar-refractivity contribution in [2.75, 3.05) is 21.3 Å². The lowest BCUT2D eigenvalue weighted by Gasteiger charge is -2.20. The average Bonchev–Trinajstić information content (AvgIpc) is 2.53. The van der Waals surface area contributed by atoms with Gasteiger partial charge in [-0.15, -0.1) is 0 Å². The van der Waals surface area contributed by atoms with E-state index in [0.717, 1.165) is 5.56 Å². The molecular formula is C17H22O4. The van der Waals surface area contributed by atoms with E-state index < -0.39 is 5.97 Å². The highest BCUT2D eigenvalue weighted by Gasteiger charge is 2.24. The smallest absolute Gasteiger partial charge is 0.337 e. The Morgan fingerprint density at radius 2 is 1.81 bits per heavy atom. The lowest BCUT2D eigenvalue weighted by atomic mass is 9.95. The molecule has 0 radical (unpaired) electrons. The van der Waals surface area contributed by atoms with Gasteiger partial charge in [-0.25, -0.2) is 4.79 Å². The molecule has 4 nitrogen and oxygen atoms in total. The third kappa shape index (κ3) is 5.08. The SMILES string of the molecule is CO/C=C(/C(=O)OC)C(C)C(/C=C/c1ccccc1)OC. The van der Waals surface area contributed by atoms with Crippen molar-refractivity contribution < 1.29 is 19.0 Å². The van der Waals surface area contributed by atoms with Crippen molar-refractivity contribution in [1.82, 2.24) is 0 Å². The fraction of sp³-hybridized carbons (Fsp3) is 0.353. The van der Waals surface area contributed by atoms with E-state index >= 15 is 0 Å². The van der Waals surface area contributed by atoms with Crippen LogP contribution in [0.2, 0.25) is 0 Å². The summed E-state index contributed by atoms with van der Waals surface area (Å²) in [5, 5.41) is 0. The predicted octanol–water partition coefficient (Wildman–Crippen LogP) is 3.05. The van der Waals surface area contributed by atoms with Gasteiger partial charge in [-0.2, -0.15) is 0 Å². The molecule has 21 heavy (non-hydrogen) atoms. The Balaban J connectivity index is 2.89. The van der Waals surface area contributed by atoms with Gasteiger partial charge in [0.25, 0.3) is 0 Å². The number of carbonyl (C=O) groups excluding carboxylic acids is 1. The summed E-state index contributed by atoms with van der Waals surface area (Å²) in [5.41, 5.74) is 1.51. The minimum Gasteiger partial charge on any atom is -0.504 e. The standard InChI is InChI=1S/C17H22O4/c1-13(15(12-19-2)17(18)21-4)16(20-3)11-10-14-8-6-5-7-9-14/h5-13,16H,1-4H3/b11-10+,15-12+. The van der Waals surface area contributed by atoms with Crippen LogP contribution in [0.4, 0.5) is 0 Å². The average molecular weight is 290 g/mol. The fourth-order valence-corrected chi connectivity index (χ4v) is 1.98. The summed E-state index contributed by atoms with van der Waals surface area (Å²) in [6.07, 6.45) is 5.03. The largest absolute Gasteiger partial charge is 0.504 e. The molecule has 0 aromatic heterocycles. The van der Waals surface area contributed by atoms with Crippen LogP contribution >= 0.6 is 0 Å². The van der Waals surface area contributed by atoms with Crippen LogP contribution in [0.5, 0.6) is 0 Å². The van der Waals surface area contributed by atoms with Crippen molar-refractivity contribution in [3.63, 3.8) is 0 Å². The molecule has 4 heteroatoms. The van der Waals surface area contributed by atoms with Crippen molar-refractivity contribution >= 4 is 12.0 Å². The van der Waals surface area contributed by atoms with Crippen molar-refractivity contribution in [3.05, 3.63) is 53.8 Å². The van der Waals surface area contributed by atoms with E-state index in [2.05, 4.69) is 0 Å². The molecule has 114 valence electrons. The van der Waals surface area contributed by atoms with Gasteiger partial charge < -0.3 is 14.2 Å². The summed E-state index contributed by atoms with van der Waals surface area (Å²) in [6.45, 7) is 1.89. The normalized spacial score (nSPS) is 14.8. The Kier molecular flexibility index (Phi) is 7.26. The van der Waals surface area contributed by atoms with Gasteiger partial charge in [0.15, 0.2) is 0 Å². The van der Waals surface area contributed by atoms with E-state index in [4.69, 9.17) is 14.2 Å². The van der Waals surface area contributed by atoms with E-state index in [1.165, 1.54) is 20.5 Å². The minimum absolute atomic E-state index is 0.192. The molecule has 0 aliphatic carbocycles. The first-order chi connectivity index (χ1) is 10.1. The topological polar surface area (TPSA) is 44.8 Å². The monoisotopic (exact) mass is 290 g/mol. The van der Waals surface area contributed by atoms with Crippen LogP contribution in [-0.2, 0) is 19.0 Å². The first-order valence-electron chi connectivity index (χ1n) is 6.71. The third-order valence-electron chi connectivity index (χ3n) is 3.20. The second-order valence-electron chi connectivity index (χ2n) is 4.56. The molecule has 0 saturated heterocycles. The van der Waals surface area contributed by atoms with Gasteiger partial charge in [-0.1, -0.05) is 49.4 Å². The Labute approximate surface area is 126 Å². The molecule has 2 atom stereocenters. The van der Waals surface area contributed by atoms with Crippen LogP contribution in [-0.4, -0.2) is 33.4 Å². The zero-order valence-electron chi connectivity index (χ0n) is 12.9. The first kappa shape index (κ1) is 17.0. The van der Waals surface area contributed by atoms with Gasteiger partial charge in [-0.05, 0) is 5.56 Å². The predicted molar refractivity (Wildman–Crippen MR) is 82.5 cm³/mol. The third-order valence-corrected chi connectivity index (χ3v) is 3.20. The number of esters is 1. The van der Waals surface area contributed by atoms with Gasteiger partial charge in [0, 0.05) is 13.0 Å². The molecule has 1 aromatic carbocycles. The first-order valence-corrected chi connectivity index (χ1v) is 6.71. The fourth-order valence-electron chi connectivity index (χ4n) is 1.98. The Morgan fingerprint density at radius 3 is 2.33 bits per heavy atom. The number of ether oxygens (including phenoxy) is 3. The van der Waals surface area contributed by atoms with Crippen molar-refractivity contribution in [1.29, 1.82) is 0 Å². The summed E-state index contributed by atoms with van der Waals surface area (Å²) in [5.74, 6) is -0.609. The Bertz CT molecular complexity index is 491. The summed E-state index contributed by atoms with van der Waals surface area (Å²) in [6, 6.07) is 9.90. The van der Waals surface area contributed by atoms with Crippen LogP contribution in [0.3, 0.4) is 0 Å². The summed E-state index contributed by atoms with van der Waals surface area (Å²) < 4.78 is 15.2. The quantitative estimate of drug-likeness (QED) is 0.440. The molecular weight excluding hydrogens is 268 g/mol. The van der Waals surface area contributed by atoms with Crippen molar-refractivity contribution in [2.24, 2.45) is 5.92 Å². The maximum Gasteiger partial charge on any atom is 0.337 e. The van der Waals surface area contributed by atoms with E-state index in [0.29, 0.717) is 5.57 Å². The van der Waals surface area contributed by atoms with Crippen molar-refractivity contribution in [3.8, 4) is 0 Å². The van der Waals surface area contributed by atoms with Gasteiger partial charge in [0.05, 0.1) is 32.2 Å². The lowest BCUT2D eigenvalue weighted by Crippen LogP contribution is -2.24. The molecule has 0 aliphatic rings. The van der Waals surface area contributed by atoms with Crippen LogP contribution in [0.15, 0.2) is 48.2 Å². The van der Waals surface area contributed by atoms with E-state index in [1.807, 2.05) is 49.4 Å². The van der Waals surface area contributed by atoms with Crippen LogP contribution in [0, 0.1) is 5.92 Å². The van der Waals surface area contributed by atoms with Crippen LogP contribution < -0.4 is 0 Å². The lowest BCUT2D eigenvalue weighted by molar-refractivity contribution is -0.137. The maximum absolute atomic E-state index is 11.8. The summed E-state index contributed by atoms with van der Waals surface area (Å²) in [7, 11) is 4.45. The molecule has 0 spiro atoms. The number of hydrogen-bond donors (Lipinski definition) is 0. The highest BCUT2D eigenvalue weighted by Crippen LogP contribution is 2.20. The summed E-state index contributed by atoms with van der Waals surface area (Å²) >= 11 is 0. The van der Waals surface area contributed by atoms with Crippen LogP contribution in [0.25, 0.3) is 6.08 Å². The molecule has 0 heterocycles. The molecule has 0 N–H and O–H groups in total. The van der Waals surface area contributed by atoms with E-state index in [1.54, 1.807) is 7.11 Å². The molecule has 1 rings (SSSR count). The zero-order valence-corrected chi connectivity index (χ0v) is 12.9. The zero-order chi connectivity index (χ0) is 15.7. The highest BCUT2D eigenvalue weighted by atomic mass is 16.5. The van der Waals surface area contributed by atoms with Gasteiger partial charge >= 0.3 is 5.97 Å². The number of methoxy groups -OCH3 is 3. The second kappa shape index (κ2) is 8.97. The number of rotatable bonds is 7. The number of hydrogen-bond acceptors (Lipinski definition) is 4. The van der Waals surface area contributed by atoms with Gasteiger partial charge in [0.2, 0.25) is 0 Å². The minimum atomic E-state index is -0.417. The van der Waals surface area contributed by atoms with E-state index in [-0.39, 0.29) is 12.0 Å². The molecule has 0 saturated carbocycles. The highest BCUT2D eigenvalue weighted by molar-refractivity contribution is 5.88. The number of carbonyl (C=O) groups is 1. The van der Waals surface area contributed by atoms with Crippen LogP contribution in [0.1, 0.15) is 12.5 Å². The Hall–Kier alpha value is -2.07. The van der Waals surface area contributed by atoms with Gasteiger partial charge in [-0.3, -0.25) is 0 Å². The molecule has 0 amide bonds. The molecule has 0 fully saturated rings. The molecule has 0 aliphatic heterocycles. The molecule has 2 unspecified atom stereocenters. The molecule has 0 bridgehead atoms. The van der Waals surface area contributed by atoms with Crippen molar-refractivity contribution in [2.45, 2.75) is 13.0 Å².